The van der Waals surface area contributed by atoms with Crippen LogP contribution in [0.2, 0.25) is 0 Å². The van der Waals surface area contributed by atoms with Gasteiger partial charge in [0.05, 0.1) is 5.56 Å². The first-order chi connectivity index (χ1) is 12.8. The first-order valence-corrected chi connectivity index (χ1v) is 8.40. The summed E-state index contributed by atoms with van der Waals surface area (Å²) in [6.07, 6.45) is 0.0233. The third-order valence-electron chi connectivity index (χ3n) is 3.83. The number of aromatic nitrogens is 1. The molecule has 1 aromatic heterocycles. The minimum Gasteiger partial charge on any atom is -0.508 e. The molecule has 0 radical (unpaired) electrons. The van der Waals surface area contributed by atoms with Crippen molar-refractivity contribution in [1.29, 1.82) is 0 Å². The summed E-state index contributed by atoms with van der Waals surface area (Å²) >= 11 is 0. The molecule has 144 valence electrons. The van der Waals surface area contributed by atoms with Crippen molar-refractivity contribution in [2.75, 3.05) is 0 Å². The molecule has 1 N–H and O–H groups in total. The number of aliphatic hydroxyl groups is 1. The molecule has 1 aromatic carbocycles. The number of alkyl halides is 3. The Bertz CT molecular complexity index is 886. The lowest BCUT2D eigenvalue weighted by Crippen LogP contribution is -2.12. The van der Waals surface area contributed by atoms with Crippen LogP contribution in [-0.4, -0.2) is 10.1 Å². The lowest BCUT2D eigenvalue weighted by atomic mass is 9.91. The molecule has 2 heterocycles. The highest BCUT2D eigenvalue weighted by Crippen LogP contribution is 2.42. The van der Waals surface area contributed by atoms with E-state index in [0.717, 1.165) is 12.1 Å². The molecule has 2 aromatic rings. The number of aliphatic hydroxyl groups excluding tert-OH is 1. The number of pyridine rings is 1. The fourth-order valence-electron chi connectivity index (χ4n) is 2.62. The number of rotatable bonds is 2. The minimum atomic E-state index is -4.49. The molecule has 7 heteroatoms. The number of hydrogen-bond acceptors (Lipinski definition) is 4. The van der Waals surface area contributed by atoms with E-state index < -0.39 is 11.7 Å². The van der Waals surface area contributed by atoms with Gasteiger partial charge < -0.3 is 5.11 Å². The Hall–Kier alpha value is -2.96. The molecule has 1 aliphatic rings. The zero-order valence-electron chi connectivity index (χ0n) is 15.4. The number of halogens is 3. The summed E-state index contributed by atoms with van der Waals surface area (Å²) in [4.78, 5) is 14.1. The molecular formula is C20H20F3NO3. The van der Waals surface area contributed by atoms with Crippen LogP contribution in [0.3, 0.4) is 0 Å². The van der Waals surface area contributed by atoms with E-state index in [4.69, 9.17) is 9.78 Å². The normalized spacial score (nSPS) is 13.8. The van der Waals surface area contributed by atoms with E-state index in [0.29, 0.717) is 28.0 Å². The Morgan fingerprint density at radius 3 is 2.44 bits per heavy atom. The lowest BCUT2D eigenvalue weighted by molar-refractivity contribution is -0.169. The number of fused-ring (bicyclic) bond motifs is 1. The first kappa shape index (κ1) is 20.4. The average Bonchev–Trinajstić information content (AvgIpc) is 2.68. The van der Waals surface area contributed by atoms with Crippen molar-refractivity contribution in [3.05, 3.63) is 70.7 Å². The van der Waals surface area contributed by atoms with Gasteiger partial charge in [-0.1, -0.05) is 13.8 Å². The van der Waals surface area contributed by atoms with E-state index in [1.165, 1.54) is 24.5 Å². The zero-order valence-corrected chi connectivity index (χ0v) is 15.4. The van der Waals surface area contributed by atoms with Gasteiger partial charge in [0.1, 0.15) is 5.76 Å². The van der Waals surface area contributed by atoms with Crippen LogP contribution in [-0.2, 0) is 11.1 Å². The van der Waals surface area contributed by atoms with Crippen LogP contribution in [0.4, 0.5) is 13.2 Å². The molecule has 0 amide bonds. The molecule has 1 aliphatic heterocycles. The van der Waals surface area contributed by atoms with Gasteiger partial charge in [-0.3, -0.25) is 14.8 Å². The van der Waals surface area contributed by atoms with Crippen molar-refractivity contribution in [2.24, 2.45) is 0 Å². The van der Waals surface area contributed by atoms with E-state index in [9.17, 15) is 18.3 Å². The van der Waals surface area contributed by atoms with E-state index in [2.05, 4.69) is 4.98 Å². The van der Waals surface area contributed by atoms with Crippen LogP contribution in [0.15, 0.2) is 48.5 Å². The molecular weight excluding hydrogens is 359 g/mol. The van der Waals surface area contributed by atoms with Crippen LogP contribution in [0.1, 0.15) is 49.9 Å². The number of nitrogens with zero attached hydrogens (tertiary/aromatic N) is 1. The zero-order chi connectivity index (χ0) is 20.2. The summed E-state index contributed by atoms with van der Waals surface area (Å²) in [5, 5.41) is 10.1. The highest BCUT2D eigenvalue weighted by Gasteiger charge is 2.33. The maximum atomic E-state index is 12.9. The molecule has 0 atom stereocenters. The van der Waals surface area contributed by atoms with Crippen molar-refractivity contribution >= 4 is 11.3 Å². The van der Waals surface area contributed by atoms with Gasteiger partial charge >= 0.3 is 6.18 Å². The van der Waals surface area contributed by atoms with Crippen molar-refractivity contribution in [3.63, 3.8) is 0 Å². The highest BCUT2D eigenvalue weighted by molar-refractivity contribution is 5.89. The quantitative estimate of drug-likeness (QED) is 0.502. The molecule has 0 spiro atoms. The van der Waals surface area contributed by atoms with E-state index in [1.807, 2.05) is 13.8 Å². The van der Waals surface area contributed by atoms with Crippen molar-refractivity contribution in [1.82, 2.24) is 4.98 Å². The molecule has 0 bridgehead atoms. The second-order valence-electron chi connectivity index (χ2n) is 5.40. The molecule has 0 saturated carbocycles. The Balaban J connectivity index is 0.00000126. The molecule has 3 rings (SSSR count). The van der Waals surface area contributed by atoms with E-state index in [-0.39, 0.29) is 11.5 Å². The van der Waals surface area contributed by atoms with E-state index in [1.54, 1.807) is 19.9 Å². The Labute approximate surface area is 155 Å². The first-order valence-electron chi connectivity index (χ1n) is 8.40. The third kappa shape index (κ3) is 4.07. The maximum absolute atomic E-state index is 12.9. The van der Waals surface area contributed by atoms with Gasteiger partial charge in [-0.05, 0) is 49.8 Å². The van der Waals surface area contributed by atoms with Crippen molar-refractivity contribution in [2.45, 2.75) is 33.9 Å². The fourth-order valence-corrected chi connectivity index (χ4v) is 2.62. The predicted molar refractivity (Wildman–Crippen MR) is 96.7 cm³/mol. The summed E-state index contributed by atoms with van der Waals surface area (Å²) < 4.78 is 38.7. The van der Waals surface area contributed by atoms with Gasteiger partial charge in [0, 0.05) is 29.1 Å². The molecule has 27 heavy (non-hydrogen) atoms. The predicted octanol–water partition coefficient (Wildman–Crippen LogP) is 6.15. The van der Waals surface area contributed by atoms with Gasteiger partial charge in [-0.2, -0.15) is 13.2 Å². The Morgan fingerprint density at radius 2 is 1.81 bits per heavy atom. The second kappa shape index (κ2) is 8.16. The summed E-state index contributed by atoms with van der Waals surface area (Å²) in [5.74, 6) is 0.324. The molecule has 0 unspecified atom stereocenters. The molecule has 0 fully saturated rings. The minimum absolute atomic E-state index is 0.00311. The summed E-state index contributed by atoms with van der Waals surface area (Å²) in [5.41, 5.74) is 1.15. The third-order valence-corrected chi connectivity index (χ3v) is 3.83. The number of allylic oxidation sites excluding steroid dienone is 2. The summed E-state index contributed by atoms with van der Waals surface area (Å²) in [7, 11) is 0. The standard InChI is InChI=1S/C18H14F3NO3.C2H6/c1-3-15(23)14-9-22-7-6-12(14)17-10(2)24-25-16-8-11(18(19,20)21)4-5-13(16)17;1-2/h3-9,23H,1-2H3;1-2H3/b15-3+;. The van der Waals surface area contributed by atoms with Gasteiger partial charge in [-0.15, -0.1) is 0 Å². The smallest absolute Gasteiger partial charge is 0.416 e. The molecule has 0 saturated heterocycles. The largest absolute Gasteiger partial charge is 0.508 e. The Kier molecular flexibility index (Phi) is 6.15. The number of hydrogen-bond donors (Lipinski definition) is 1. The van der Waals surface area contributed by atoms with Crippen LogP contribution < -0.4 is 4.89 Å². The van der Waals surface area contributed by atoms with Crippen LogP contribution in [0.5, 0.6) is 5.75 Å². The molecule has 0 aliphatic carbocycles. The topological polar surface area (TPSA) is 51.6 Å². The second-order valence-corrected chi connectivity index (χ2v) is 5.40. The highest BCUT2D eigenvalue weighted by atomic mass is 19.4. The molecule has 4 nitrogen and oxygen atoms in total. The van der Waals surface area contributed by atoms with Crippen LogP contribution in [0.25, 0.3) is 11.3 Å². The SMILES string of the molecule is C/C=C(/O)c1cnccc1C1=C(C)OOc2cc(C(F)(F)F)ccc21.CC. The number of benzene rings is 1. The van der Waals surface area contributed by atoms with Crippen molar-refractivity contribution < 1.29 is 28.1 Å². The summed E-state index contributed by atoms with van der Waals surface area (Å²) in [6, 6.07) is 4.86. The average molecular weight is 379 g/mol. The van der Waals surface area contributed by atoms with Crippen LogP contribution in [0, 0.1) is 0 Å². The maximum Gasteiger partial charge on any atom is 0.416 e. The van der Waals surface area contributed by atoms with Gasteiger partial charge in [0.2, 0.25) is 0 Å². The van der Waals surface area contributed by atoms with Gasteiger partial charge in [-0.25, -0.2) is 0 Å². The Morgan fingerprint density at radius 1 is 1.11 bits per heavy atom. The monoisotopic (exact) mass is 379 g/mol. The summed E-state index contributed by atoms with van der Waals surface area (Å²) in [6.45, 7) is 7.30. The van der Waals surface area contributed by atoms with E-state index >= 15 is 0 Å². The van der Waals surface area contributed by atoms with Crippen LogP contribution >= 0.6 is 0 Å². The van der Waals surface area contributed by atoms with Gasteiger partial charge in [0.15, 0.2) is 11.5 Å². The van der Waals surface area contributed by atoms with Crippen molar-refractivity contribution in [3.8, 4) is 5.75 Å². The fraction of sp³-hybridized carbons (Fsp3) is 0.250. The lowest BCUT2D eigenvalue weighted by Gasteiger charge is -2.23. The van der Waals surface area contributed by atoms with Gasteiger partial charge in [0.25, 0.3) is 0 Å².